The van der Waals surface area contributed by atoms with E-state index in [-0.39, 0.29) is 12.4 Å². The van der Waals surface area contributed by atoms with Crippen LogP contribution in [0.1, 0.15) is 31.4 Å². The fourth-order valence-electron chi connectivity index (χ4n) is 1.91. The molecule has 1 rings (SSSR count). The van der Waals surface area contributed by atoms with Gasteiger partial charge in [-0.15, -0.1) is 0 Å². The Balaban J connectivity index is 2.69. The molecule has 3 heteroatoms. The van der Waals surface area contributed by atoms with Crippen LogP contribution in [-0.2, 0) is 6.54 Å². The van der Waals surface area contributed by atoms with Crippen LogP contribution in [0.5, 0.6) is 0 Å². The van der Waals surface area contributed by atoms with Crippen molar-refractivity contribution in [2.75, 3.05) is 20.2 Å². The quantitative estimate of drug-likeness (QED) is 0.826. The highest BCUT2D eigenvalue weighted by molar-refractivity contribution is 5.37. The molecule has 1 aromatic rings. The Labute approximate surface area is 115 Å². The number of aliphatic hydroxyl groups excluding tert-OH is 1. The molecular formula is C16H22FNO. The predicted octanol–water partition coefficient (Wildman–Crippen LogP) is 2.65. The van der Waals surface area contributed by atoms with Gasteiger partial charge in [-0.25, -0.2) is 4.39 Å². The minimum Gasteiger partial charge on any atom is -0.384 e. The number of aliphatic hydroxyl groups is 1. The van der Waals surface area contributed by atoms with Gasteiger partial charge in [0.1, 0.15) is 12.4 Å². The topological polar surface area (TPSA) is 23.5 Å². The molecule has 1 N–H and O–H groups in total. The van der Waals surface area contributed by atoms with Gasteiger partial charge in [-0.2, -0.15) is 0 Å². The molecule has 0 saturated heterocycles. The summed E-state index contributed by atoms with van der Waals surface area (Å²) in [4.78, 5) is 2.13. The molecule has 1 atom stereocenters. The van der Waals surface area contributed by atoms with Gasteiger partial charge in [0, 0.05) is 24.2 Å². The number of nitrogens with zero attached hydrogens (tertiary/aromatic N) is 1. The summed E-state index contributed by atoms with van der Waals surface area (Å²) in [5.41, 5.74) is 1.28. The first-order valence-corrected chi connectivity index (χ1v) is 6.63. The highest BCUT2D eigenvalue weighted by Crippen LogP contribution is 2.13. The van der Waals surface area contributed by atoms with Crippen molar-refractivity contribution in [3.63, 3.8) is 0 Å². The first-order chi connectivity index (χ1) is 9.06. The van der Waals surface area contributed by atoms with Crippen molar-refractivity contribution >= 4 is 0 Å². The van der Waals surface area contributed by atoms with Gasteiger partial charge in [0.05, 0.1) is 0 Å². The molecule has 1 aromatic carbocycles. The van der Waals surface area contributed by atoms with Crippen LogP contribution in [0.3, 0.4) is 0 Å². The minimum absolute atomic E-state index is 0.207. The molecule has 0 bridgehead atoms. The molecule has 2 nitrogen and oxygen atoms in total. The van der Waals surface area contributed by atoms with Crippen molar-refractivity contribution in [2.24, 2.45) is 5.92 Å². The summed E-state index contributed by atoms with van der Waals surface area (Å²) >= 11 is 0. The molecular weight excluding hydrogens is 241 g/mol. The van der Waals surface area contributed by atoms with E-state index in [0.717, 1.165) is 13.0 Å². The maximum absolute atomic E-state index is 13.9. The Bertz CT molecular complexity index is 462. The molecule has 104 valence electrons. The van der Waals surface area contributed by atoms with Crippen LogP contribution in [0.4, 0.5) is 4.39 Å². The summed E-state index contributed by atoms with van der Waals surface area (Å²) < 4.78 is 13.9. The predicted molar refractivity (Wildman–Crippen MR) is 76.2 cm³/mol. The van der Waals surface area contributed by atoms with Crippen LogP contribution >= 0.6 is 0 Å². The number of hydrogen-bond donors (Lipinski definition) is 1. The maximum atomic E-state index is 13.9. The summed E-state index contributed by atoms with van der Waals surface area (Å²) in [6, 6.07) is 4.98. The SMILES string of the molecule is CCC(C)CN(C)Cc1ccc(C#CCO)cc1F. The summed E-state index contributed by atoms with van der Waals surface area (Å²) in [5.74, 6) is 5.60. The second-order valence-electron chi connectivity index (χ2n) is 4.98. The molecule has 0 fully saturated rings. The van der Waals surface area contributed by atoms with Crippen LogP contribution in [0, 0.1) is 23.6 Å². The third-order valence-electron chi connectivity index (χ3n) is 3.13. The summed E-state index contributed by atoms with van der Waals surface area (Å²) in [6.07, 6.45) is 1.13. The van der Waals surface area contributed by atoms with Crippen molar-refractivity contribution < 1.29 is 9.50 Å². The Morgan fingerprint density at radius 2 is 2.16 bits per heavy atom. The van der Waals surface area contributed by atoms with E-state index in [1.165, 1.54) is 6.07 Å². The molecule has 0 amide bonds. The van der Waals surface area contributed by atoms with Gasteiger partial charge in [-0.05, 0) is 25.1 Å². The lowest BCUT2D eigenvalue weighted by molar-refractivity contribution is 0.272. The summed E-state index contributed by atoms with van der Waals surface area (Å²) in [5, 5.41) is 8.60. The average Bonchev–Trinajstić information content (AvgIpc) is 2.39. The van der Waals surface area contributed by atoms with E-state index in [2.05, 4.69) is 30.6 Å². The van der Waals surface area contributed by atoms with Crippen molar-refractivity contribution in [1.29, 1.82) is 0 Å². The summed E-state index contributed by atoms with van der Waals surface area (Å²) in [6.45, 7) is 5.71. The molecule has 0 aliphatic carbocycles. The van der Waals surface area contributed by atoms with Crippen molar-refractivity contribution in [3.8, 4) is 11.8 Å². The Hall–Kier alpha value is -1.37. The Morgan fingerprint density at radius 3 is 2.74 bits per heavy atom. The standard InChI is InChI=1S/C16H22FNO/c1-4-13(2)11-18(3)12-15-8-7-14(6-5-9-19)10-16(15)17/h7-8,10,13,19H,4,9,11-12H2,1-3H3. The second-order valence-corrected chi connectivity index (χ2v) is 4.98. The van der Waals surface area contributed by atoms with E-state index >= 15 is 0 Å². The zero-order chi connectivity index (χ0) is 14.3. The van der Waals surface area contributed by atoms with Crippen molar-refractivity contribution in [3.05, 3.63) is 35.1 Å². The largest absolute Gasteiger partial charge is 0.384 e. The number of benzene rings is 1. The van der Waals surface area contributed by atoms with E-state index in [1.807, 2.05) is 7.05 Å². The molecule has 0 aromatic heterocycles. The number of rotatable bonds is 5. The molecule has 0 aliphatic heterocycles. The van der Waals surface area contributed by atoms with Crippen LogP contribution in [0.15, 0.2) is 18.2 Å². The van der Waals surface area contributed by atoms with Crippen LogP contribution in [0.25, 0.3) is 0 Å². The minimum atomic E-state index is -0.235. The molecule has 0 radical (unpaired) electrons. The van der Waals surface area contributed by atoms with E-state index in [9.17, 15) is 4.39 Å². The molecule has 0 spiro atoms. The number of halogens is 1. The fourth-order valence-corrected chi connectivity index (χ4v) is 1.91. The van der Waals surface area contributed by atoms with Crippen LogP contribution in [-0.4, -0.2) is 30.2 Å². The Kier molecular flexibility index (Phi) is 6.55. The molecule has 0 saturated carbocycles. The van der Waals surface area contributed by atoms with E-state index < -0.39 is 0 Å². The zero-order valence-corrected chi connectivity index (χ0v) is 11.9. The normalized spacial score (nSPS) is 12.1. The van der Waals surface area contributed by atoms with Gasteiger partial charge >= 0.3 is 0 Å². The van der Waals surface area contributed by atoms with E-state index in [1.54, 1.807) is 12.1 Å². The van der Waals surface area contributed by atoms with Crippen LogP contribution in [0.2, 0.25) is 0 Å². The first-order valence-electron chi connectivity index (χ1n) is 6.63. The highest BCUT2D eigenvalue weighted by atomic mass is 19.1. The maximum Gasteiger partial charge on any atom is 0.128 e. The second kappa shape index (κ2) is 7.93. The van der Waals surface area contributed by atoms with E-state index in [4.69, 9.17) is 5.11 Å². The monoisotopic (exact) mass is 263 g/mol. The zero-order valence-electron chi connectivity index (χ0n) is 11.9. The van der Waals surface area contributed by atoms with Gasteiger partial charge in [0.25, 0.3) is 0 Å². The molecule has 0 heterocycles. The van der Waals surface area contributed by atoms with Crippen LogP contribution < -0.4 is 0 Å². The molecule has 19 heavy (non-hydrogen) atoms. The lowest BCUT2D eigenvalue weighted by Gasteiger charge is -2.20. The molecule has 0 aliphatic rings. The van der Waals surface area contributed by atoms with Gasteiger partial charge in [-0.1, -0.05) is 38.2 Å². The highest BCUT2D eigenvalue weighted by Gasteiger charge is 2.08. The van der Waals surface area contributed by atoms with Gasteiger partial charge < -0.3 is 10.0 Å². The first kappa shape index (κ1) is 15.7. The lowest BCUT2D eigenvalue weighted by atomic mass is 10.1. The van der Waals surface area contributed by atoms with Crippen molar-refractivity contribution in [2.45, 2.75) is 26.8 Å². The van der Waals surface area contributed by atoms with Crippen molar-refractivity contribution in [1.82, 2.24) is 4.90 Å². The van der Waals surface area contributed by atoms with E-state index in [0.29, 0.717) is 23.6 Å². The summed E-state index contributed by atoms with van der Waals surface area (Å²) in [7, 11) is 2.01. The molecule has 1 unspecified atom stereocenters. The lowest BCUT2D eigenvalue weighted by Crippen LogP contribution is -2.24. The number of hydrogen-bond acceptors (Lipinski definition) is 2. The van der Waals surface area contributed by atoms with Gasteiger partial charge in [-0.3, -0.25) is 0 Å². The average molecular weight is 263 g/mol. The third-order valence-corrected chi connectivity index (χ3v) is 3.13. The van der Waals surface area contributed by atoms with Gasteiger partial charge in [0.15, 0.2) is 0 Å². The van der Waals surface area contributed by atoms with Gasteiger partial charge in [0.2, 0.25) is 0 Å². The third kappa shape index (κ3) is 5.42. The fraction of sp³-hybridized carbons (Fsp3) is 0.500. The smallest absolute Gasteiger partial charge is 0.128 e. The Morgan fingerprint density at radius 1 is 1.42 bits per heavy atom.